The van der Waals surface area contributed by atoms with Gasteiger partial charge in [0, 0.05) is 20.8 Å². The molecule has 0 bridgehead atoms. The number of carbonyl (C=O) groups excluding carboxylic acids is 3. The van der Waals surface area contributed by atoms with Gasteiger partial charge in [0.05, 0.1) is 6.61 Å². The van der Waals surface area contributed by atoms with Crippen molar-refractivity contribution in [3.63, 3.8) is 0 Å². The van der Waals surface area contributed by atoms with Gasteiger partial charge in [0.2, 0.25) is 5.91 Å². The van der Waals surface area contributed by atoms with Gasteiger partial charge in [-0.3, -0.25) is 14.4 Å². The van der Waals surface area contributed by atoms with Crippen LogP contribution >= 0.6 is 0 Å². The number of hydrogen-bond donors (Lipinski definition) is 2. The van der Waals surface area contributed by atoms with Crippen LogP contribution in [0.3, 0.4) is 0 Å². The number of aliphatic hydroxyl groups excluding tert-OH is 1. The van der Waals surface area contributed by atoms with Crippen molar-refractivity contribution >= 4 is 26.2 Å². The van der Waals surface area contributed by atoms with E-state index in [2.05, 4.69) is 39.2 Å². The number of ether oxygens (including phenoxy) is 3. The zero-order chi connectivity index (χ0) is 21.9. The van der Waals surface area contributed by atoms with Crippen LogP contribution in [-0.4, -0.2) is 68.5 Å². The van der Waals surface area contributed by atoms with Gasteiger partial charge in [-0.25, -0.2) is 0 Å². The average molecular weight is 420 g/mol. The smallest absolute Gasteiger partial charge is 0.303 e. The number of aliphatic hydroxyl groups is 1. The van der Waals surface area contributed by atoms with Gasteiger partial charge in [0.15, 0.2) is 26.8 Å². The molecule has 162 valence electrons. The van der Waals surface area contributed by atoms with E-state index in [4.69, 9.17) is 18.6 Å². The molecule has 0 aliphatic carbocycles. The molecule has 1 aliphatic rings. The molecule has 0 saturated carbocycles. The third kappa shape index (κ3) is 6.54. The number of carbonyl (C=O) groups is 3. The molecule has 5 atom stereocenters. The molecule has 9 nitrogen and oxygen atoms in total. The van der Waals surface area contributed by atoms with Crippen molar-refractivity contribution in [2.45, 2.75) is 90.3 Å². The molecule has 10 heteroatoms. The van der Waals surface area contributed by atoms with Crippen molar-refractivity contribution in [3.8, 4) is 0 Å². The lowest BCUT2D eigenvalue weighted by Gasteiger charge is -2.45. The van der Waals surface area contributed by atoms with E-state index in [1.165, 1.54) is 20.8 Å². The summed E-state index contributed by atoms with van der Waals surface area (Å²) in [5.41, 5.74) is 0. The van der Waals surface area contributed by atoms with Crippen molar-refractivity contribution < 1.29 is 38.1 Å². The van der Waals surface area contributed by atoms with Crippen LogP contribution in [0.2, 0.25) is 18.1 Å². The second-order valence-corrected chi connectivity index (χ2v) is 13.3. The standard InChI is InChI=1S/C18H33NO8Si/c1-10(20)19-14-16(26-12(3)22)15(25-11(2)21)13(27-17(14)23)9-24-28(7,8)18(4,5)6/h13-17,23H,9H2,1-8H3,(H,19,20)/t13?,14?,15-,16?,17-/m1/s1. The van der Waals surface area contributed by atoms with Crippen LogP contribution in [0.15, 0.2) is 0 Å². The normalized spacial score (nSPS) is 28.4. The van der Waals surface area contributed by atoms with Gasteiger partial charge in [0.1, 0.15) is 12.1 Å². The lowest BCUT2D eigenvalue weighted by Crippen LogP contribution is -2.66. The Morgan fingerprint density at radius 2 is 1.54 bits per heavy atom. The molecule has 1 amide bonds. The van der Waals surface area contributed by atoms with Crippen molar-refractivity contribution in [2.75, 3.05) is 6.61 Å². The highest BCUT2D eigenvalue weighted by atomic mass is 28.4. The van der Waals surface area contributed by atoms with Gasteiger partial charge in [-0.2, -0.15) is 0 Å². The fraction of sp³-hybridized carbons (Fsp3) is 0.833. The molecule has 3 unspecified atom stereocenters. The first-order valence-corrected chi connectivity index (χ1v) is 12.2. The summed E-state index contributed by atoms with van der Waals surface area (Å²) in [7, 11) is -2.16. The summed E-state index contributed by atoms with van der Waals surface area (Å²) < 4.78 is 22.4. The third-order valence-electron chi connectivity index (χ3n) is 5.05. The van der Waals surface area contributed by atoms with Crippen molar-refractivity contribution in [2.24, 2.45) is 0 Å². The summed E-state index contributed by atoms with van der Waals surface area (Å²) in [6.07, 6.45) is -4.51. The topological polar surface area (TPSA) is 120 Å². The van der Waals surface area contributed by atoms with Crippen LogP contribution in [-0.2, 0) is 33.0 Å². The van der Waals surface area contributed by atoms with E-state index in [1.54, 1.807) is 0 Å². The number of nitrogens with one attached hydrogen (secondary N) is 1. The molecular weight excluding hydrogens is 386 g/mol. The molecule has 0 aromatic heterocycles. The first-order chi connectivity index (χ1) is 12.7. The van der Waals surface area contributed by atoms with Crippen LogP contribution in [0.1, 0.15) is 41.5 Å². The molecule has 1 fully saturated rings. The molecule has 0 spiro atoms. The Labute approximate surface area is 167 Å². The highest BCUT2D eigenvalue weighted by molar-refractivity contribution is 6.74. The average Bonchev–Trinajstić information content (AvgIpc) is 2.49. The van der Waals surface area contributed by atoms with E-state index < -0.39 is 56.8 Å². The Morgan fingerprint density at radius 3 is 1.96 bits per heavy atom. The molecule has 1 rings (SSSR count). The summed E-state index contributed by atoms with van der Waals surface area (Å²) in [4.78, 5) is 34.8. The zero-order valence-electron chi connectivity index (χ0n) is 17.9. The highest BCUT2D eigenvalue weighted by Gasteiger charge is 2.50. The summed E-state index contributed by atoms with van der Waals surface area (Å²) >= 11 is 0. The van der Waals surface area contributed by atoms with Crippen LogP contribution < -0.4 is 5.32 Å². The maximum Gasteiger partial charge on any atom is 0.303 e. The highest BCUT2D eigenvalue weighted by Crippen LogP contribution is 2.37. The lowest BCUT2D eigenvalue weighted by atomic mass is 9.96. The zero-order valence-corrected chi connectivity index (χ0v) is 18.9. The van der Waals surface area contributed by atoms with E-state index >= 15 is 0 Å². The first kappa shape index (κ1) is 24.5. The van der Waals surface area contributed by atoms with E-state index in [9.17, 15) is 19.5 Å². The van der Waals surface area contributed by atoms with E-state index in [0.717, 1.165) is 0 Å². The van der Waals surface area contributed by atoms with Gasteiger partial charge in [-0.15, -0.1) is 0 Å². The molecular formula is C18H33NO8Si. The van der Waals surface area contributed by atoms with Gasteiger partial charge < -0.3 is 29.1 Å². The number of esters is 2. The predicted octanol–water partition coefficient (Wildman–Crippen LogP) is 1.09. The van der Waals surface area contributed by atoms with E-state index in [1.807, 2.05) is 0 Å². The van der Waals surface area contributed by atoms with Crippen LogP contribution in [0, 0.1) is 0 Å². The Morgan fingerprint density at radius 1 is 1.04 bits per heavy atom. The van der Waals surface area contributed by atoms with Crippen molar-refractivity contribution in [3.05, 3.63) is 0 Å². The first-order valence-electron chi connectivity index (χ1n) is 9.24. The number of amides is 1. The van der Waals surface area contributed by atoms with Crippen LogP contribution in [0.4, 0.5) is 0 Å². The van der Waals surface area contributed by atoms with E-state index in [-0.39, 0.29) is 11.6 Å². The molecule has 1 saturated heterocycles. The molecule has 2 N–H and O–H groups in total. The molecule has 0 radical (unpaired) electrons. The van der Waals surface area contributed by atoms with Gasteiger partial charge in [0.25, 0.3) is 0 Å². The number of rotatable bonds is 6. The maximum atomic E-state index is 11.7. The fourth-order valence-electron chi connectivity index (χ4n) is 2.62. The SMILES string of the molecule is CC(=O)NC1C(OC(C)=O)[C@H](OC(C)=O)C(CO[Si](C)(C)C(C)(C)C)O[C@H]1O. The molecule has 28 heavy (non-hydrogen) atoms. The van der Waals surface area contributed by atoms with Crippen LogP contribution in [0.25, 0.3) is 0 Å². The Bertz CT molecular complexity index is 589. The van der Waals surface area contributed by atoms with Crippen molar-refractivity contribution in [1.82, 2.24) is 5.32 Å². The summed E-state index contributed by atoms with van der Waals surface area (Å²) in [5, 5.41) is 12.8. The molecule has 1 aliphatic heterocycles. The second kappa shape index (κ2) is 9.34. The fourth-order valence-corrected chi connectivity index (χ4v) is 3.63. The minimum atomic E-state index is -2.16. The summed E-state index contributed by atoms with van der Waals surface area (Å²) in [6.45, 7) is 14.0. The maximum absolute atomic E-state index is 11.7. The Hall–Kier alpha value is -1.49. The molecule has 0 aromatic rings. The Kier molecular flexibility index (Phi) is 8.18. The minimum absolute atomic E-state index is 0.0378. The monoisotopic (exact) mass is 419 g/mol. The van der Waals surface area contributed by atoms with Gasteiger partial charge in [-0.1, -0.05) is 20.8 Å². The molecule has 0 aromatic carbocycles. The van der Waals surface area contributed by atoms with E-state index in [0.29, 0.717) is 0 Å². The molecule has 1 heterocycles. The largest absolute Gasteiger partial charge is 0.456 e. The second-order valence-electron chi connectivity index (χ2n) is 8.51. The number of hydrogen-bond acceptors (Lipinski definition) is 8. The third-order valence-corrected chi connectivity index (χ3v) is 9.55. The quantitative estimate of drug-likeness (QED) is 0.485. The predicted molar refractivity (Wildman–Crippen MR) is 103 cm³/mol. The van der Waals surface area contributed by atoms with Crippen molar-refractivity contribution in [1.29, 1.82) is 0 Å². The van der Waals surface area contributed by atoms with Crippen LogP contribution in [0.5, 0.6) is 0 Å². The van der Waals surface area contributed by atoms with Gasteiger partial charge in [-0.05, 0) is 18.1 Å². The Balaban J connectivity index is 3.15. The summed E-state index contributed by atoms with van der Waals surface area (Å²) in [6, 6.07) is -1.09. The lowest BCUT2D eigenvalue weighted by molar-refractivity contribution is -0.262. The minimum Gasteiger partial charge on any atom is -0.456 e. The van der Waals surface area contributed by atoms with Gasteiger partial charge >= 0.3 is 11.9 Å². The summed E-state index contributed by atoms with van der Waals surface area (Å²) in [5.74, 6) is -1.71.